The summed E-state index contributed by atoms with van der Waals surface area (Å²) in [5, 5.41) is 12.4. The average Bonchev–Trinajstić information content (AvgIpc) is 1.60. The zero-order valence-electron chi connectivity index (χ0n) is 56.5. The van der Waals surface area contributed by atoms with Gasteiger partial charge in [-0.3, -0.25) is 0 Å². The van der Waals surface area contributed by atoms with Crippen LogP contribution in [0.15, 0.2) is 379 Å². The highest BCUT2D eigenvalue weighted by atomic mass is 31.2. The number of rotatable bonds is 15. The molecule has 4 aliphatic heterocycles. The van der Waals surface area contributed by atoms with Crippen LogP contribution in [0.25, 0.3) is 22.3 Å². The second kappa shape index (κ2) is 27.5. The van der Waals surface area contributed by atoms with Crippen molar-refractivity contribution >= 4 is 151 Å². The molecule has 0 saturated heterocycles. The van der Waals surface area contributed by atoms with E-state index < -0.39 is 36.8 Å². The molecule has 11 aromatic carbocycles. The zero-order chi connectivity index (χ0) is 69.3. The van der Waals surface area contributed by atoms with Gasteiger partial charge in [-0.15, -0.1) is 17.9 Å². The highest BCUT2D eigenvalue weighted by molar-refractivity contribution is 7.87. The number of benzene rings is 11. The molecule has 4 aliphatic rings. The van der Waals surface area contributed by atoms with Gasteiger partial charge in [0.2, 0.25) is 0 Å². The van der Waals surface area contributed by atoms with E-state index in [2.05, 4.69) is 396 Å². The van der Waals surface area contributed by atoms with Crippen LogP contribution in [0.4, 0.5) is 0 Å². The standard InChI is InChI=1S/C91H67N8P3.Al.H/c1-92-63-65-39-43-67(44-40-65)88-80-55-56-82(96-80)89(68-45-41-66(42-46-68)64-95-102(75-33-19-8-20-34-75,76-35-21-9-22-36-76)77-37-23-10-24-38-77)83-58-60-85(98-83)91(70-49-53-79(54-50-70)101(94-3,73-29-15-6-16-30-73)74-31-17-7-18-32-74)87-62-61-86(99-87)90(84-59-57-81(88)97-84)69-47-51-78(52-48-69)100(93-2,71-25-11-4-12-26-71)72-27-13-5-14-28-72;;/h4-64H,1-3H2;;/q2*+2;. The van der Waals surface area contributed by atoms with Crippen molar-refractivity contribution in [3.8, 4) is 0 Å². The van der Waals surface area contributed by atoms with Gasteiger partial charge in [0.15, 0.2) is 0 Å². The fraction of sp³-hybridized carbons (Fsp3) is 0. The summed E-state index contributed by atoms with van der Waals surface area (Å²) in [6.45, 7) is 12.5. The molecule has 103 heavy (non-hydrogen) atoms. The molecule has 486 valence electrons. The first-order chi connectivity index (χ1) is 50.9. The third kappa shape index (κ3) is 11.3. The lowest BCUT2D eigenvalue weighted by atomic mass is 9.99. The van der Waals surface area contributed by atoms with Gasteiger partial charge >= 0.3 is 36.8 Å². The molecule has 0 atom stereocenters. The quantitative estimate of drug-likeness (QED) is 0.0424. The molecule has 17 rings (SSSR count). The Kier molecular flexibility index (Phi) is 17.2. The lowest BCUT2D eigenvalue weighted by Gasteiger charge is -2.23. The number of allylic oxidation sites excluding steroid dienone is 4. The van der Waals surface area contributed by atoms with Crippen LogP contribution in [0.2, 0.25) is 0 Å². The van der Waals surface area contributed by atoms with Gasteiger partial charge in [0.1, 0.15) is 0 Å². The number of aliphatic imine (C=N–C) groups is 2. The molecule has 0 aliphatic carbocycles. The topological polar surface area (TPSA) is 91.0 Å². The SMILES string of the molecule is C=[N+]=Cc1ccc(C2=c3ccc4[n]3[AlH][n]3c(ccc3C(c3ccc(P(=[N+]=C)(c5ccccc5)c5ccccc5)cc3)=C3C=CC(=N3)C=4c3ccc(P(=[N+]=C)(c4ccccc4)c4ccccc4)cc3)C(c3ccc(C=[N+]=P(c4ccccc4)(c4ccccc4)c4ccccc4)cc3)=C3C=CC2=N3)cc1. The third-order valence-electron chi connectivity index (χ3n) is 20.0. The van der Waals surface area contributed by atoms with Crippen LogP contribution in [0.3, 0.4) is 0 Å². The van der Waals surface area contributed by atoms with E-state index in [0.717, 1.165) is 132 Å². The Morgan fingerprint density at radius 1 is 0.282 bits per heavy atom. The molecular formula is C91H68AlN8P3+4. The minimum Gasteiger partial charge on any atom is -0.417 e. The van der Waals surface area contributed by atoms with Crippen LogP contribution in [0.5, 0.6) is 0 Å². The fourth-order valence-corrected chi connectivity index (χ4v) is 26.9. The van der Waals surface area contributed by atoms with Gasteiger partial charge in [0.25, 0.3) is 32.6 Å². The molecule has 2 aromatic heterocycles. The molecule has 0 amide bonds. The molecule has 0 radical (unpaired) electrons. The van der Waals surface area contributed by atoms with Crippen molar-refractivity contribution in [1.29, 1.82) is 0 Å². The van der Waals surface area contributed by atoms with Crippen molar-refractivity contribution in [3.63, 3.8) is 0 Å². The van der Waals surface area contributed by atoms with Gasteiger partial charge in [0.05, 0.1) is 81.7 Å². The maximum Gasteiger partial charge on any atom is 0.558 e. The molecule has 6 bridgehead atoms. The van der Waals surface area contributed by atoms with Crippen LogP contribution in [-0.2, 0) is 0 Å². The van der Waals surface area contributed by atoms with E-state index in [1.165, 1.54) is 15.9 Å². The molecule has 8 nitrogen and oxygen atoms in total. The average molecular weight is 1390 g/mol. The number of hydrogen-bond donors (Lipinski definition) is 0. The molecule has 0 N–H and O–H groups in total. The first-order valence-corrected chi connectivity index (χ1v) is 40.9. The molecule has 12 heteroatoms. The molecule has 6 heterocycles. The second-order valence-electron chi connectivity index (χ2n) is 25.6. The molecule has 13 aromatic rings. The first kappa shape index (κ1) is 64.4. The van der Waals surface area contributed by atoms with E-state index >= 15 is 0 Å². The van der Waals surface area contributed by atoms with E-state index in [0.29, 0.717) is 0 Å². The monoisotopic (exact) mass is 1390 g/mol. The molecule has 0 saturated carbocycles. The van der Waals surface area contributed by atoms with Crippen molar-refractivity contribution in [3.05, 3.63) is 425 Å². The maximum absolute atomic E-state index is 5.87. The van der Waals surface area contributed by atoms with Crippen LogP contribution in [0, 0.1) is 0 Å². The van der Waals surface area contributed by atoms with Crippen molar-refractivity contribution in [2.24, 2.45) is 9.98 Å². The van der Waals surface area contributed by atoms with E-state index in [-0.39, 0.29) is 0 Å². The fourth-order valence-electron chi connectivity index (χ4n) is 15.2. The Bertz CT molecular complexity index is 6000. The van der Waals surface area contributed by atoms with Gasteiger partial charge < -0.3 is 7.10 Å². The third-order valence-corrected chi connectivity index (χ3v) is 32.6. The van der Waals surface area contributed by atoms with Gasteiger partial charge in [-0.1, -0.05) is 176 Å². The summed E-state index contributed by atoms with van der Waals surface area (Å²) in [6, 6.07) is 120. The zero-order valence-corrected chi connectivity index (χ0v) is 60.6. The number of aromatic nitrogens is 2. The van der Waals surface area contributed by atoms with Crippen molar-refractivity contribution in [2.75, 3.05) is 0 Å². The lowest BCUT2D eigenvalue weighted by Crippen LogP contribution is -2.40. The Morgan fingerprint density at radius 2 is 0.573 bits per heavy atom. The number of fused-ring (bicyclic) bond motifs is 2. The van der Waals surface area contributed by atoms with Crippen molar-refractivity contribution < 1.29 is 0 Å². The van der Waals surface area contributed by atoms with E-state index in [1.54, 1.807) is 6.21 Å². The van der Waals surface area contributed by atoms with E-state index in [4.69, 9.17) is 23.2 Å². The molecule has 0 unspecified atom stereocenters. The van der Waals surface area contributed by atoms with Crippen LogP contribution in [0.1, 0.15) is 44.8 Å². The Labute approximate surface area is 606 Å². The Hall–Kier alpha value is -12.0. The first-order valence-electron chi connectivity index (χ1n) is 34.4. The Balaban J connectivity index is 0.920. The smallest absolute Gasteiger partial charge is 0.417 e. The summed E-state index contributed by atoms with van der Waals surface area (Å²) in [5.74, 6) is 0. The summed E-state index contributed by atoms with van der Waals surface area (Å²) >= 11 is -1.70. The predicted octanol–water partition coefficient (Wildman–Crippen LogP) is 11.3. The summed E-state index contributed by atoms with van der Waals surface area (Å²) in [4.78, 5) is 11.7. The van der Waals surface area contributed by atoms with Crippen molar-refractivity contribution in [1.82, 2.24) is 25.0 Å². The number of nitrogens with zero attached hydrogens (tertiary/aromatic N) is 8. The van der Waals surface area contributed by atoms with Gasteiger partial charge in [0, 0.05) is 44.4 Å². The largest absolute Gasteiger partial charge is 0.558 e. The molecule has 0 spiro atoms. The van der Waals surface area contributed by atoms with Crippen LogP contribution >= 0.6 is 21.2 Å². The molecular weight excluding hydrogens is 1320 g/mol. The van der Waals surface area contributed by atoms with Crippen LogP contribution < -0.4 is 76.4 Å². The minimum absolute atomic E-state index is 0.865. The molecule has 0 fully saturated rings. The second-order valence-corrected chi connectivity index (χ2v) is 36.4. The van der Waals surface area contributed by atoms with Gasteiger partial charge in [-0.25, -0.2) is 9.98 Å². The summed E-state index contributed by atoms with van der Waals surface area (Å²) < 4.78 is 25.5. The lowest BCUT2D eigenvalue weighted by molar-refractivity contribution is 1.02. The predicted molar refractivity (Wildman–Crippen MR) is 445 cm³/mol. The van der Waals surface area contributed by atoms with Crippen LogP contribution in [-0.4, -0.2) is 66.8 Å². The van der Waals surface area contributed by atoms with Gasteiger partial charge in [-0.05, 0) is 204 Å². The highest BCUT2D eigenvalue weighted by Crippen LogP contribution is 2.46. The summed E-state index contributed by atoms with van der Waals surface area (Å²) in [6.07, 6.45) is 12.7. The number of hydrogen-bond acceptors (Lipinski definition) is 2. The van der Waals surface area contributed by atoms with E-state index in [1.807, 2.05) is 0 Å². The van der Waals surface area contributed by atoms with E-state index in [9.17, 15) is 0 Å². The Morgan fingerprint density at radius 3 is 0.893 bits per heavy atom. The van der Waals surface area contributed by atoms with Crippen molar-refractivity contribution in [2.45, 2.75) is 0 Å². The maximum atomic E-state index is 5.87. The highest BCUT2D eigenvalue weighted by Gasteiger charge is 2.41. The minimum atomic E-state index is -2.58. The van der Waals surface area contributed by atoms with Gasteiger partial charge in [-0.2, -0.15) is 0 Å². The summed E-state index contributed by atoms with van der Waals surface area (Å²) in [5.41, 5.74) is 15.7. The summed E-state index contributed by atoms with van der Waals surface area (Å²) in [7, 11) is -7.69. The normalized spacial score (nSPS) is 13.6.